The molecule has 0 radical (unpaired) electrons. The van der Waals surface area contributed by atoms with Crippen LogP contribution in [0.2, 0.25) is 0 Å². The maximum Gasteiger partial charge on any atom is 0.222 e. The minimum Gasteiger partial charge on any atom is -0.358 e. The minimum absolute atomic E-state index is 0.282. The second kappa shape index (κ2) is 7.15. The van der Waals surface area contributed by atoms with Gasteiger partial charge in [0.25, 0.3) is 0 Å². The van der Waals surface area contributed by atoms with E-state index in [9.17, 15) is 4.79 Å². The average molecular weight is 317 g/mol. The normalized spacial score (nSPS) is 21.8. The molecule has 0 saturated carbocycles. The summed E-state index contributed by atoms with van der Waals surface area (Å²) in [6, 6.07) is 2.07. The number of likely N-dealkylation sites (N-methyl/N-ethyl adjacent to an activating group) is 1. The van der Waals surface area contributed by atoms with Crippen LogP contribution in [0, 0.1) is 5.92 Å². The second-order valence-electron chi connectivity index (χ2n) is 6.83. The molecule has 2 aliphatic heterocycles. The lowest BCUT2D eigenvalue weighted by molar-refractivity contribution is -0.127. The average Bonchev–Trinajstić information content (AvgIpc) is 2.98. The molecule has 1 atom stereocenters. The number of nitrogens with zero attached hydrogens (tertiary/aromatic N) is 5. The van der Waals surface area contributed by atoms with Crippen molar-refractivity contribution in [2.45, 2.75) is 32.6 Å². The molecule has 23 heavy (non-hydrogen) atoms. The topological polar surface area (TPSA) is 52.6 Å². The number of rotatable bonds is 5. The lowest BCUT2D eigenvalue weighted by atomic mass is 10.0. The Kier molecular flexibility index (Phi) is 4.98. The molecule has 0 aliphatic carbocycles. The first-order valence-electron chi connectivity index (χ1n) is 8.69. The Balaban J connectivity index is 1.60. The highest BCUT2D eigenvalue weighted by atomic mass is 16.2. The molecule has 0 bridgehead atoms. The van der Waals surface area contributed by atoms with Crippen molar-refractivity contribution in [2.24, 2.45) is 5.92 Å². The first kappa shape index (κ1) is 16.0. The molecular formula is C17H27N5O. The van der Waals surface area contributed by atoms with E-state index in [1.165, 1.54) is 12.8 Å². The van der Waals surface area contributed by atoms with E-state index in [4.69, 9.17) is 0 Å². The molecule has 3 rings (SSSR count). The first-order chi connectivity index (χ1) is 11.1. The Labute approximate surface area is 138 Å². The van der Waals surface area contributed by atoms with Crippen LogP contribution >= 0.6 is 0 Å². The number of anilines is 2. The van der Waals surface area contributed by atoms with Crippen molar-refractivity contribution in [3.63, 3.8) is 0 Å². The highest BCUT2D eigenvalue weighted by Gasteiger charge is 2.21. The Morgan fingerprint density at radius 1 is 1.30 bits per heavy atom. The van der Waals surface area contributed by atoms with Crippen molar-refractivity contribution >= 4 is 17.5 Å². The zero-order chi connectivity index (χ0) is 16.2. The van der Waals surface area contributed by atoms with Crippen LogP contribution in [0.3, 0.4) is 0 Å². The van der Waals surface area contributed by atoms with Crippen LogP contribution < -0.4 is 9.80 Å². The van der Waals surface area contributed by atoms with Gasteiger partial charge in [-0.1, -0.05) is 6.92 Å². The van der Waals surface area contributed by atoms with E-state index in [1.54, 1.807) is 6.33 Å². The third kappa shape index (κ3) is 3.92. The zero-order valence-corrected chi connectivity index (χ0v) is 14.2. The van der Waals surface area contributed by atoms with Crippen LogP contribution in [0.5, 0.6) is 0 Å². The monoisotopic (exact) mass is 317 g/mol. The van der Waals surface area contributed by atoms with Gasteiger partial charge in [0.1, 0.15) is 18.0 Å². The molecule has 0 aromatic carbocycles. The third-order valence-electron chi connectivity index (χ3n) is 4.89. The highest BCUT2D eigenvalue weighted by Crippen LogP contribution is 2.23. The van der Waals surface area contributed by atoms with Crippen LogP contribution in [-0.2, 0) is 4.79 Å². The van der Waals surface area contributed by atoms with Crippen LogP contribution in [0.4, 0.5) is 11.6 Å². The minimum atomic E-state index is 0.282. The number of carbonyl (C=O) groups excluding carboxylic acids is 1. The maximum atomic E-state index is 11.7. The van der Waals surface area contributed by atoms with Gasteiger partial charge in [0.15, 0.2) is 0 Å². The van der Waals surface area contributed by atoms with E-state index in [-0.39, 0.29) is 5.91 Å². The lowest BCUT2D eigenvalue weighted by Crippen LogP contribution is -2.36. The van der Waals surface area contributed by atoms with Crippen molar-refractivity contribution < 1.29 is 4.79 Å². The van der Waals surface area contributed by atoms with Gasteiger partial charge in [0, 0.05) is 52.3 Å². The smallest absolute Gasteiger partial charge is 0.222 e. The molecule has 0 spiro atoms. The van der Waals surface area contributed by atoms with E-state index >= 15 is 0 Å². The van der Waals surface area contributed by atoms with Crippen LogP contribution in [0.1, 0.15) is 32.6 Å². The molecule has 3 heterocycles. The molecule has 1 unspecified atom stereocenters. The quantitative estimate of drug-likeness (QED) is 0.828. The summed E-state index contributed by atoms with van der Waals surface area (Å²) in [7, 11) is 2.03. The van der Waals surface area contributed by atoms with Crippen LogP contribution in [0.25, 0.3) is 0 Å². The molecule has 1 aromatic heterocycles. The molecule has 2 fully saturated rings. The van der Waals surface area contributed by atoms with E-state index in [0.717, 1.165) is 56.7 Å². The summed E-state index contributed by atoms with van der Waals surface area (Å²) in [6.07, 6.45) is 5.88. The van der Waals surface area contributed by atoms with Crippen LogP contribution in [0.15, 0.2) is 12.4 Å². The van der Waals surface area contributed by atoms with Crippen molar-refractivity contribution in [3.05, 3.63) is 12.4 Å². The Bertz CT molecular complexity index is 550. The van der Waals surface area contributed by atoms with E-state index < -0.39 is 0 Å². The van der Waals surface area contributed by atoms with Gasteiger partial charge in [0.05, 0.1) is 0 Å². The summed E-state index contributed by atoms with van der Waals surface area (Å²) in [5, 5.41) is 0. The largest absolute Gasteiger partial charge is 0.358 e. The summed E-state index contributed by atoms with van der Waals surface area (Å²) in [6.45, 7) is 6.92. The fourth-order valence-corrected chi connectivity index (χ4v) is 3.44. The van der Waals surface area contributed by atoms with Gasteiger partial charge in [-0.2, -0.15) is 0 Å². The predicted molar refractivity (Wildman–Crippen MR) is 91.7 cm³/mol. The number of carbonyl (C=O) groups is 1. The van der Waals surface area contributed by atoms with Crippen molar-refractivity contribution in [1.82, 2.24) is 14.9 Å². The zero-order valence-electron chi connectivity index (χ0n) is 14.2. The standard InChI is InChI=1S/C17H27N5O/c1-14-5-3-8-22(12-14)16-11-15(18-13-19-16)20(2)9-10-21-7-4-6-17(21)23/h11,13-14H,3-10,12H2,1-2H3. The van der Waals surface area contributed by atoms with Gasteiger partial charge in [-0.3, -0.25) is 4.79 Å². The predicted octanol–water partition coefficient (Wildman–Crippen LogP) is 1.77. The van der Waals surface area contributed by atoms with Crippen LogP contribution in [-0.4, -0.2) is 60.5 Å². The first-order valence-corrected chi connectivity index (χ1v) is 8.69. The Morgan fingerprint density at radius 2 is 2.17 bits per heavy atom. The fraction of sp³-hybridized carbons (Fsp3) is 0.706. The van der Waals surface area contributed by atoms with Gasteiger partial charge in [-0.05, 0) is 25.2 Å². The lowest BCUT2D eigenvalue weighted by Gasteiger charge is -2.32. The molecule has 1 amide bonds. The summed E-state index contributed by atoms with van der Waals surface area (Å²) < 4.78 is 0. The Hall–Kier alpha value is -1.85. The summed E-state index contributed by atoms with van der Waals surface area (Å²) in [4.78, 5) is 27.0. The number of aromatic nitrogens is 2. The van der Waals surface area contributed by atoms with E-state index in [1.807, 2.05) is 11.9 Å². The molecule has 0 N–H and O–H groups in total. The summed E-state index contributed by atoms with van der Waals surface area (Å²) in [5.41, 5.74) is 0. The third-order valence-corrected chi connectivity index (χ3v) is 4.89. The number of amides is 1. The van der Waals surface area contributed by atoms with Crippen molar-refractivity contribution in [3.8, 4) is 0 Å². The van der Waals surface area contributed by atoms with Gasteiger partial charge < -0.3 is 14.7 Å². The summed E-state index contributed by atoms with van der Waals surface area (Å²) >= 11 is 0. The fourth-order valence-electron chi connectivity index (χ4n) is 3.44. The van der Waals surface area contributed by atoms with Gasteiger partial charge in [0.2, 0.25) is 5.91 Å². The second-order valence-corrected chi connectivity index (χ2v) is 6.83. The molecule has 2 aliphatic rings. The highest BCUT2D eigenvalue weighted by molar-refractivity contribution is 5.78. The van der Waals surface area contributed by atoms with E-state index in [0.29, 0.717) is 6.42 Å². The molecule has 6 nitrogen and oxygen atoms in total. The van der Waals surface area contributed by atoms with Gasteiger partial charge in [-0.15, -0.1) is 0 Å². The molecule has 126 valence electrons. The van der Waals surface area contributed by atoms with E-state index in [2.05, 4.69) is 32.8 Å². The Morgan fingerprint density at radius 3 is 2.91 bits per heavy atom. The number of hydrogen-bond acceptors (Lipinski definition) is 5. The molecular weight excluding hydrogens is 290 g/mol. The molecule has 2 saturated heterocycles. The number of piperidine rings is 1. The van der Waals surface area contributed by atoms with Gasteiger partial charge in [-0.25, -0.2) is 9.97 Å². The SMILES string of the molecule is CC1CCCN(c2cc(N(C)CCN3CCCC3=O)ncn2)C1. The van der Waals surface area contributed by atoms with Crippen molar-refractivity contribution in [2.75, 3.05) is 49.6 Å². The van der Waals surface area contributed by atoms with Crippen molar-refractivity contribution in [1.29, 1.82) is 0 Å². The summed E-state index contributed by atoms with van der Waals surface area (Å²) in [5.74, 6) is 2.95. The molecule has 6 heteroatoms. The number of hydrogen-bond donors (Lipinski definition) is 0. The maximum absolute atomic E-state index is 11.7. The molecule has 1 aromatic rings. The number of likely N-dealkylation sites (tertiary alicyclic amines) is 1. The van der Waals surface area contributed by atoms with Gasteiger partial charge >= 0.3 is 0 Å².